The second-order valence-electron chi connectivity index (χ2n) is 6.64. The number of thiophene rings is 1. The summed E-state index contributed by atoms with van der Waals surface area (Å²) in [6.45, 7) is 4.05. The summed E-state index contributed by atoms with van der Waals surface area (Å²) in [5.41, 5.74) is 4.34. The van der Waals surface area contributed by atoms with Crippen LogP contribution < -0.4 is 10.9 Å². The third-order valence-corrected chi connectivity index (χ3v) is 6.42. The maximum absolute atomic E-state index is 13.0. The van der Waals surface area contributed by atoms with Crippen LogP contribution in [-0.4, -0.2) is 21.2 Å². The molecule has 1 N–H and O–H groups in total. The van der Waals surface area contributed by atoms with Crippen LogP contribution >= 0.6 is 23.1 Å². The molecule has 0 aliphatic heterocycles. The third kappa shape index (κ3) is 4.11. The number of hydrogen-bond donors (Lipinski definition) is 1. The molecule has 7 heteroatoms. The molecular formula is C22H19N3O2S2. The van der Waals surface area contributed by atoms with E-state index in [9.17, 15) is 9.59 Å². The summed E-state index contributed by atoms with van der Waals surface area (Å²) >= 11 is 2.63. The van der Waals surface area contributed by atoms with E-state index in [4.69, 9.17) is 0 Å². The van der Waals surface area contributed by atoms with Gasteiger partial charge in [0.2, 0.25) is 5.91 Å². The molecule has 2 heterocycles. The highest BCUT2D eigenvalue weighted by Gasteiger charge is 2.15. The van der Waals surface area contributed by atoms with E-state index in [1.54, 1.807) is 4.57 Å². The van der Waals surface area contributed by atoms with Gasteiger partial charge in [0.15, 0.2) is 5.16 Å². The number of para-hydroxylation sites is 1. The zero-order valence-corrected chi connectivity index (χ0v) is 17.6. The molecule has 146 valence electrons. The smallest absolute Gasteiger partial charge is 0.276 e. The molecule has 0 spiro atoms. The van der Waals surface area contributed by atoms with E-state index in [0.717, 1.165) is 16.9 Å². The molecule has 0 aliphatic rings. The highest BCUT2D eigenvalue weighted by atomic mass is 32.2. The fraction of sp³-hybridized carbons (Fsp3) is 0.136. The minimum Gasteiger partial charge on any atom is -0.325 e. The van der Waals surface area contributed by atoms with Crippen LogP contribution in [0.4, 0.5) is 5.69 Å². The molecule has 2 aromatic heterocycles. The molecule has 0 fully saturated rings. The van der Waals surface area contributed by atoms with Gasteiger partial charge in [-0.15, -0.1) is 11.3 Å². The van der Waals surface area contributed by atoms with E-state index in [-0.39, 0.29) is 17.2 Å². The van der Waals surface area contributed by atoms with E-state index >= 15 is 0 Å². The van der Waals surface area contributed by atoms with Crippen molar-refractivity contribution in [2.45, 2.75) is 19.0 Å². The van der Waals surface area contributed by atoms with Gasteiger partial charge in [0.1, 0.15) is 4.70 Å². The minimum absolute atomic E-state index is 0.117. The number of aromatic nitrogens is 2. The van der Waals surface area contributed by atoms with Gasteiger partial charge in [0, 0.05) is 5.69 Å². The molecule has 0 saturated heterocycles. The summed E-state index contributed by atoms with van der Waals surface area (Å²) < 4.78 is 2.19. The largest absolute Gasteiger partial charge is 0.325 e. The standard InChI is InChI=1S/C22H19N3O2S2/c1-14-8-9-16(12-15(14)2)23-19(26)13-29-22-24-18-10-11-28-20(18)21(27)25(22)17-6-4-3-5-7-17/h3-12H,13H2,1-2H3,(H,23,26). The SMILES string of the molecule is Cc1ccc(NC(=O)CSc2nc3ccsc3c(=O)n2-c2ccccc2)cc1C. The second kappa shape index (κ2) is 8.23. The van der Waals surface area contributed by atoms with E-state index in [0.29, 0.717) is 15.4 Å². The number of thioether (sulfide) groups is 1. The van der Waals surface area contributed by atoms with Gasteiger partial charge in [-0.1, -0.05) is 36.0 Å². The predicted octanol–water partition coefficient (Wildman–Crippen LogP) is 4.79. The first-order valence-electron chi connectivity index (χ1n) is 9.08. The van der Waals surface area contributed by atoms with Crippen molar-refractivity contribution in [1.29, 1.82) is 0 Å². The Morgan fingerprint density at radius 3 is 2.66 bits per heavy atom. The topological polar surface area (TPSA) is 64.0 Å². The van der Waals surface area contributed by atoms with Crippen molar-refractivity contribution in [2.24, 2.45) is 0 Å². The molecule has 0 unspecified atom stereocenters. The van der Waals surface area contributed by atoms with Crippen LogP contribution in [0.1, 0.15) is 11.1 Å². The lowest BCUT2D eigenvalue weighted by Gasteiger charge is -2.12. The number of carbonyl (C=O) groups excluding carboxylic acids is 1. The number of nitrogens with zero attached hydrogens (tertiary/aromatic N) is 2. The molecule has 29 heavy (non-hydrogen) atoms. The van der Waals surface area contributed by atoms with Crippen molar-refractivity contribution in [3.05, 3.63) is 81.5 Å². The number of amides is 1. The molecule has 5 nitrogen and oxygen atoms in total. The maximum atomic E-state index is 13.0. The normalized spacial score (nSPS) is 11.0. The first-order chi connectivity index (χ1) is 14.0. The Bertz CT molecular complexity index is 1250. The summed E-state index contributed by atoms with van der Waals surface area (Å²) in [6.07, 6.45) is 0. The van der Waals surface area contributed by atoms with Crippen molar-refractivity contribution in [3.63, 3.8) is 0 Å². The van der Waals surface area contributed by atoms with Crippen molar-refractivity contribution in [3.8, 4) is 5.69 Å². The number of nitrogens with one attached hydrogen (secondary N) is 1. The quantitative estimate of drug-likeness (QED) is 0.372. The molecule has 2 aromatic carbocycles. The zero-order valence-electron chi connectivity index (χ0n) is 16.0. The highest BCUT2D eigenvalue weighted by molar-refractivity contribution is 7.99. The Balaban J connectivity index is 1.61. The Morgan fingerprint density at radius 2 is 1.90 bits per heavy atom. The first kappa shape index (κ1) is 19.4. The fourth-order valence-electron chi connectivity index (χ4n) is 2.94. The van der Waals surface area contributed by atoms with Gasteiger partial charge in [-0.2, -0.15) is 0 Å². The molecule has 0 atom stereocenters. The number of aryl methyl sites for hydroxylation is 2. The molecular weight excluding hydrogens is 402 g/mol. The van der Waals surface area contributed by atoms with Crippen molar-refractivity contribution < 1.29 is 4.79 Å². The summed E-state index contributed by atoms with van der Waals surface area (Å²) in [5.74, 6) is 0.0134. The Hall–Kier alpha value is -2.90. The minimum atomic E-state index is -0.141. The number of fused-ring (bicyclic) bond motifs is 1. The molecule has 0 bridgehead atoms. The fourth-order valence-corrected chi connectivity index (χ4v) is 4.51. The zero-order chi connectivity index (χ0) is 20.4. The van der Waals surface area contributed by atoms with Crippen LogP contribution in [0, 0.1) is 13.8 Å². The van der Waals surface area contributed by atoms with Crippen LogP contribution in [0.3, 0.4) is 0 Å². The summed E-state index contributed by atoms with van der Waals surface area (Å²) in [5, 5.41) is 5.27. The Labute approximate surface area is 176 Å². The lowest BCUT2D eigenvalue weighted by molar-refractivity contribution is -0.113. The first-order valence-corrected chi connectivity index (χ1v) is 10.9. The van der Waals surface area contributed by atoms with Gasteiger partial charge in [0.25, 0.3) is 5.56 Å². The summed E-state index contributed by atoms with van der Waals surface area (Å²) in [4.78, 5) is 30.2. The van der Waals surface area contributed by atoms with Crippen LogP contribution in [0.15, 0.2) is 69.9 Å². The number of rotatable bonds is 5. The number of anilines is 1. The second-order valence-corrected chi connectivity index (χ2v) is 8.50. The lowest BCUT2D eigenvalue weighted by atomic mass is 10.1. The highest BCUT2D eigenvalue weighted by Crippen LogP contribution is 2.24. The van der Waals surface area contributed by atoms with Crippen molar-refractivity contribution in [2.75, 3.05) is 11.1 Å². The molecule has 4 aromatic rings. The van der Waals surface area contributed by atoms with Gasteiger partial charge in [-0.05, 0) is 60.7 Å². The van der Waals surface area contributed by atoms with Crippen molar-refractivity contribution in [1.82, 2.24) is 9.55 Å². The number of carbonyl (C=O) groups is 1. The predicted molar refractivity (Wildman–Crippen MR) is 120 cm³/mol. The summed E-state index contributed by atoms with van der Waals surface area (Å²) in [7, 11) is 0. The lowest BCUT2D eigenvalue weighted by Crippen LogP contribution is -2.22. The molecule has 0 radical (unpaired) electrons. The summed E-state index contributed by atoms with van der Waals surface area (Å²) in [6, 6.07) is 17.0. The van der Waals surface area contributed by atoms with Gasteiger partial charge in [-0.3, -0.25) is 14.2 Å². The average molecular weight is 422 g/mol. The van der Waals surface area contributed by atoms with Crippen LogP contribution in [-0.2, 0) is 4.79 Å². The van der Waals surface area contributed by atoms with E-state index < -0.39 is 0 Å². The molecule has 1 amide bonds. The maximum Gasteiger partial charge on any atom is 0.276 e. The monoisotopic (exact) mass is 421 g/mol. The van der Waals surface area contributed by atoms with Gasteiger partial charge in [0.05, 0.1) is 17.0 Å². The Kier molecular flexibility index (Phi) is 5.51. The molecule has 0 aliphatic carbocycles. The number of hydrogen-bond acceptors (Lipinski definition) is 5. The Morgan fingerprint density at radius 1 is 1.10 bits per heavy atom. The van der Waals surface area contributed by atoms with E-state index in [2.05, 4.69) is 10.3 Å². The van der Waals surface area contributed by atoms with Gasteiger partial charge >= 0.3 is 0 Å². The van der Waals surface area contributed by atoms with Crippen LogP contribution in [0.5, 0.6) is 0 Å². The van der Waals surface area contributed by atoms with Crippen LogP contribution in [0.25, 0.3) is 15.9 Å². The molecule has 4 rings (SSSR count). The average Bonchev–Trinajstić information content (AvgIpc) is 3.19. The van der Waals surface area contributed by atoms with Gasteiger partial charge < -0.3 is 5.32 Å². The molecule has 0 saturated carbocycles. The third-order valence-electron chi connectivity index (χ3n) is 4.59. The van der Waals surface area contributed by atoms with E-state index in [1.807, 2.05) is 73.8 Å². The van der Waals surface area contributed by atoms with Crippen LogP contribution in [0.2, 0.25) is 0 Å². The number of benzene rings is 2. The van der Waals surface area contributed by atoms with Gasteiger partial charge in [-0.25, -0.2) is 4.98 Å². The van der Waals surface area contributed by atoms with E-state index in [1.165, 1.54) is 28.7 Å². The van der Waals surface area contributed by atoms with Crippen molar-refractivity contribution >= 4 is 44.9 Å².